The number of carbonyl (C=O) groups excluding carboxylic acids is 3. The zero-order valence-electron chi connectivity index (χ0n) is 14.0. The lowest BCUT2D eigenvalue weighted by atomic mass is 10.2. The van der Waals surface area contributed by atoms with Crippen molar-refractivity contribution in [3.8, 4) is 0 Å². The van der Waals surface area contributed by atoms with Crippen LogP contribution < -0.4 is 0 Å². The molecule has 3 unspecified atom stereocenters. The lowest BCUT2D eigenvalue weighted by molar-refractivity contribution is -0.208. The third-order valence-electron chi connectivity index (χ3n) is 3.47. The molecule has 0 aromatic heterocycles. The van der Waals surface area contributed by atoms with Crippen LogP contribution in [0.2, 0.25) is 0 Å². The van der Waals surface area contributed by atoms with E-state index in [0.717, 1.165) is 0 Å². The summed E-state index contributed by atoms with van der Waals surface area (Å²) in [5.41, 5.74) is 0. The van der Waals surface area contributed by atoms with Crippen LogP contribution in [0.3, 0.4) is 0 Å². The minimum absolute atomic E-state index is 0.496. The van der Waals surface area contributed by atoms with Gasteiger partial charge >= 0.3 is 18.5 Å². The van der Waals surface area contributed by atoms with E-state index < -0.39 is 89.5 Å². The Kier molecular flexibility index (Phi) is 7.14. The van der Waals surface area contributed by atoms with Crippen molar-refractivity contribution in [3.05, 3.63) is 0 Å². The highest BCUT2D eigenvalue weighted by Gasteiger charge is 2.53. The second-order valence-corrected chi connectivity index (χ2v) is 5.77. The van der Waals surface area contributed by atoms with Crippen LogP contribution in [0.5, 0.6) is 0 Å². The lowest BCUT2D eigenvalue weighted by Crippen LogP contribution is -2.64. The summed E-state index contributed by atoms with van der Waals surface area (Å²) >= 11 is 0. The van der Waals surface area contributed by atoms with E-state index in [0.29, 0.717) is 0 Å². The van der Waals surface area contributed by atoms with Crippen molar-refractivity contribution >= 4 is 17.7 Å². The molecule has 0 spiro atoms. The first-order valence-electron chi connectivity index (χ1n) is 7.27. The summed E-state index contributed by atoms with van der Waals surface area (Å²) in [6.07, 6.45) is -30.7. The topological polar surface area (TPSA) is 60.9 Å². The number of alkyl halides is 12. The molecule has 0 radical (unpaired) electrons. The zero-order valence-corrected chi connectivity index (χ0v) is 14.0. The molecule has 3 atom stereocenters. The van der Waals surface area contributed by atoms with Gasteiger partial charge in [-0.25, -0.2) is 13.2 Å². The molecule has 1 aliphatic heterocycles. The van der Waals surface area contributed by atoms with E-state index in [2.05, 4.69) is 0 Å². The largest absolute Gasteiger partial charge is 0.428 e. The Morgan fingerprint density at radius 1 is 0.500 bits per heavy atom. The maximum Gasteiger partial charge on any atom is 0.428 e. The van der Waals surface area contributed by atoms with Crippen LogP contribution in [-0.2, 0) is 14.4 Å². The lowest BCUT2D eigenvalue weighted by Gasteiger charge is -2.43. The average Bonchev–Trinajstić information content (AvgIpc) is 2.61. The SMILES string of the molecule is O=C(C(F)C(F)(F)F)N1CN(C(=O)C(F)C(F)(F)F)CN(C(=O)C(F)C(F)(F)F)C1. The van der Waals surface area contributed by atoms with Gasteiger partial charge in [-0.1, -0.05) is 0 Å². The molecule has 0 aromatic rings. The van der Waals surface area contributed by atoms with Crippen molar-refractivity contribution < 1.29 is 67.1 Å². The molecular weight excluding hydrogens is 462 g/mol. The zero-order chi connectivity index (χ0) is 23.8. The summed E-state index contributed by atoms with van der Waals surface area (Å²) in [6.45, 7) is -4.97. The molecule has 1 aliphatic rings. The normalized spacial score (nSPS) is 19.4. The van der Waals surface area contributed by atoms with Crippen molar-refractivity contribution in [2.75, 3.05) is 20.0 Å². The van der Waals surface area contributed by atoms with Crippen LogP contribution in [0.15, 0.2) is 0 Å². The molecule has 1 saturated heterocycles. The third-order valence-corrected chi connectivity index (χ3v) is 3.47. The Labute approximate surface area is 157 Å². The molecule has 0 saturated carbocycles. The molecule has 174 valence electrons. The summed E-state index contributed by atoms with van der Waals surface area (Å²) in [5, 5.41) is 0. The second-order valence-electron chi connectivity index (χ2n) is 5.77. The van der Waals surface area contributed by atoms with Crippen LogP contribution in [0.4, 0.5) is 52.7 Å². The van der Waals surface area contributed by atoms with Gasteiger partial charge in [0.05, 0.1) is 20.0 Å². The summed E-state index contributed by atoms with van der Waals surface area (Å²) in [7, 11) is 0. The fourth-order valence-corrected chi connectivity index (χ4v) is 2.07. The summed E-state index contributed by atoms with van der Waals surface area (Å²) in [6, 6.07) is 0. The minimum Gasteiger partial charge on any atom is -0.304 e. The van der Waals surface area contributed by atoms with E-state index in [1.54, 1.807) is 0 Å². The monoisotopic (exact) mass is 471 g/mol. The Morgan fingerprint density at radius 3 is 0.800 bits per heavy atom. The maximum atomic E-state index is 13.2. The maximum absolute atomic E-state index is 13.2. The Hall–Kier alpha value is -2.43. The van der Waals surface area contributed by atoms with Gasteiger partial charge in [0.15, 0.2) is 0 Å². The highest BCUT2D eigenvalue weighted by molar-refractivity contribution is 5.87. The first kappa shape index (κ1) is 25.6. The predicted molar refractivity (Wildman–Crippen MR) is 68.0 cm³/mol. The quantitative estimate of drug-likeness (QED) is 0.593. The molecule has 1 fully saturated rings. The second kappa shape index (κ2) is 8.37. The molecular formula is C12H9F12N3O3. The van der Waals surface area contributed by atoms with Gasteiger partial charge < -0.3 is 14.7 Å². The van der Waals surface area contributed by atoms with E-state index in [4.69, 9.17) is 0 Å². The van der Waals surface area contributed by atoms with Gasteiger partial charge in [-0.05, 0) is 0 Å². The van der Waals surface area contributed by atoms with Crippen LogP contribution in [-0.4, -0.2) is 89.5 Å². The first-order valence-corrected chi connectivity index (χ1v) is 7.27. The van der Waals surface area contributed by atoms with Crippen LogP contribution >= 0.6 is 0 Å². The third kappa shape index (κ3) is 5.80. The Morgan fingerprint density at radius 2 is 0.667 bits per heavy atom. The molecule has 3 amide bonds. The molecule has 30 heavy (non-hydrogen) atoms. The summed E-state index contributed by atoms with van der Waals surface area (Å²) < 4.78 is 151. The van der Waals surface area contributed by atoms with E-state index >= 15 is 0 Å². The average molecular weight is 471 g/mol. The number of halogens is 12. The smallest absolute Gasteiger partial charge is 0.304 e. The Balaban J connectivity index is 3.24. The molecule has 0 bridgehead atoms. The molecule has 1 rings (SSSR count). The number of rotatable bonds is 3. The molecule has 18 heteroatoms. The van der Waals surface area contributed by atoms with Crippen LogP contribution in [0.25, 0.3) is 0 Å². The van der Waals surface area contributed by atoms with Gasteiger partial charge in [-0.2, -0.15) is 39.5 Å². The van der Waals surface area contributed by atoms with E-state index in [1.807, 2.05) is 0 Å². The van der Waals surface area contributed by atoms with Crippen molar-refractivity contribution in [3.63, 3.8) is 0 Å². The number of carbonyl (C=O) groups is 3. The van der Waals surface area contributed by atoms with Crippen molar-refractivity contribution in [1.29, 1.82) is 0 Å². The minimum atomic E-state index is -5.87. The summed E-state index contributed by atoms with van der Waals surface area (Å²) in [5.74, 6) is -7.87. The fraction of sp³-hybridized carbons (Fsp3) is 0.750. The molecule has 6 nitrogen and oxygen atoms in total. The molecule has 0 aliphatic carbocycles. The highest BCUT2D eigenvalue weighted by Crippen LogP contribution is 2.29. The number of amides is 3. The number of hydrogen-bond donors (Lipinski definition) is 0. The number of nitrogens with zero attached hydrogens (tertiary/aromatic N) is 3. The van der Waals surface area contributed by atoms with Gasteiger partial charge in [-0.15, -0.1) is 0 Å². The first-order chi connectivity index (χ1) is 13.3. The summed E-state index contributed by atoms with van der Waals surface area (Å²) in [4.78, 5) is 33.1. The molecule has 0 aromatic carbocycles. The van der Waals surface area contributed by atoms with Gasteiger partial charge in [0.1, 0.15) is 0 Å². The van der Waals surface area contributed by atoms with Crippen molar-refractivity contribution in [2.45, 2.75) is 37.0 Å². The van der Waals surface area contributed by atoms with Crippen molar-refractivity contribution in [1.82, 2.24) is 14.7 Å². The standard InChI is InChI=1S/C12H9F12N3O3/c13-4(10(16,17)18)7(28)25-1-26(8(29)5(14)11(19,20)21)3-27(2-25)9(30)6(15)12(22,23)24/h4-6H,1-3H2. The highest BCUT2D eigenvalue weighted by atomic mass is 19.4. The molecule has 1 heterocycles. The van der Waals surface area contributed by atoms with E-state index in [1.165, 1.54) is 0 Å². The predicted octanol–water partition coefficient (Wildman–Crippen LogP) is 2.06. The van der Waals surface area contributed by atoms with E-state index in [-0.39, 0.29) is 0 Å². The fourth-order valence-electron chi connectivity index (χ4n) is 2.07. The molecule has 0 N–H and O–H groups in total. The van der Waals surface area contributed by atoms with Crippen LogP contribution in [0.1, 0.15) is 0 Å². The van der Waals surface area contributed by atoms with Crippen molar-refractivity contribution in [2.24, 2.45) is 0 Å². The van der Waals surface area contributed by atoms with Gasteiger partial charge in [0.25, 0.3) is 36.2 Å². The van der Waals surface area contributed by atoms with Crippen LogP contribution in [0, 0.1) is 0 Å². The van der Waals surface area contributed by atoms with E-state index in [9.17, 15) is 67.1 Å². The van der Waals surface area contributed by atoms with Gasteiger partial charge in [0.2, 0.25) is 0 Å². The van der Waals surface area contributed by atoms with Gasteiger partial charge in [-0.3, -0.25) is 14.4 Å². The van der Waals surface area contributed by atoms with Gasteiger partial charge in [0, 0.05) is 0 Å². The Bertz CT molecular complexity index is 580. The number of hydrogen-bond acceptors (Lipinski definition) is 3.